The van der Waals surface area contributed by atoms with Crippen LogP contribution in [0, 0.1) is 0 Å². The molecule has 162 valence electrons. The maximum atomic E-state index is 12.7. The fourth-order valence-corrected chi connectivity index (χ4v) is 4.86. The molecule has 1 aliphatic rings. The number of likely N-dealkylation sites (tertiary alicyclic amines) is 1. The van der Waals surface area contributed by atoms with Crippen molar-refractivity contribution in [2.24, 2.45) is 0 Å². The average Bonchev–Trinajstić information content (AvgIpc) is 3.29. The number of rotatable bonds is 7. The highest BCUT2D eigenvalue weighted by atomic mass is 32.1. The highest BCUT2D eigenvalue weighted by Gasteiger charge is 2.27. The first kappa shape index (κ1) is 21.3. The first-order valence-electron chi connectivity index (χ1n) is 10.7. The van der Waals surface area contributed by atoms with E-state index in [4.69, 9.17) is 4.74 Å². The third-order valence-corrected chi connectivity index (χ3v) is 6.67. The number of piperidine rings is 1. The molecule has 1 aromatic heterocycles. The molecule has 1 atom stereocenters. The van der Waals surface area contributed by atoms with Gasteiger partial charge >= 0.3 is 6.03 Å². The molecule has 1 fully saturated rings. The lowest BCUT2D eigenvalue weighted by Gasteiger charge is -2.31. The van der Waals surface area contributed by atoms with Crippen molar-refractivity contribution in [3.05, 3.63) is 75.7 Å². The van der Waals surface area contributed by atoms with Crippen molar-refractivity contribution in [1.29, 1.82) is 0 Å². The molecule has 0 aliphatic carbocycles. The molecule has 1 unspecified atom stereocenters. The molecule has 6 nitrogen and oxygen atoms in total. The summed E-state index contributed by atoms with van der Waals surface area (Å²) in [5.41, 5.74) is 2.42. The minimum Gasteiger partial charge on any atom is -0.497 e. The van der Waals surface area contributed by atoms with Crippen LogP contribution in [0.3, 0.4) is 0 Å². The Morgan fingerprint density at radius 2 is 1.94 bits per heavy atom. The monoisotopic (exact) mass is 436 g/mol. The number of carbonyl (C=O) groups excluding carboxylic acids is 1. The summed E-state index contributed by atoms with van der Waals surface area (Å²) in [6, 6.07) is 18.3. The Morgan fingerprint density at radius 3 is 2.71 bits per heavy atom. The maximum Gasteiger partial charge on any atom is 0.317 e. The van der Waals surface area contributed by atoms with Gasteiger partial charge in [0.15, 0.2) is 0 Å². The van der Waals surface area contributed by atoms with Gasteiger partial charge < -0.3 is 15.0 Å². The molecular formula is C24H28N4O2S. The molecule has 31 heavy (non-hydrogen) atoms. The molecule has 0 bridgehead atoms. The molecule has 0 spiro atoms. The molecular weight excluding hydrogens is 408 g/mol. The van der Waals surface area contributed by atoms with Crippen LogP contribution in [0.1, 0.15) is 39.9 Å². The van der Waals surface area contributed by atoms with Crippen molar-refractivity contribution in [3.8, 4) is 5.75 Å². The topological polar surface area (TPSA) is 67.3 Å². The molecule has 7 heteroatoms. The van der Waals surface area contributed by atoms with Crippen LogP contribution in [0.4, 0.5) is 4.79 Å². The van der Waals surface area contributed by atoms with Crippen molar-refractivity contribution in [1.82, 2.24) is 20.4 Å². The zero-order valence-corrected chi connectivity index (χ0v) is 18.6. The first-order chi connectivity index (χ1) is 15.2. The molecule has 2 heterocycles. The molecule has 1 aliphatic heterocycles. The zero-order chi connectivity index (χ0) is 21.5. The Bertz CT molecular complexity index is 975. The molecule has 2 amide bonds. The summed E-state index contributed by atoms with van der Waals surface area (Å²) < 4.78 is 5.18. The van der Waals surface area contributed by atoms with E-state index in [2.05, 4.69) is 27.6 Å². The van der Waals surface area contributed by atoms with Crippen LogP contribution < -0.4 is 10.1 Å². The minimum absolute atomic E-state index is 0.00670. The highest BCUT2D eigenvalue weighted by Crippen LogP contribution is 2.29. The Morgan fingerprint density at radius 1 is 1.13 bits per heavy atom. The molecule has 3 aromatic rings. The fourth-order valence-electron chi connectivity index (χ4n) is 3.85. The fraction of sp³-hybridized carbons (Fsp3) is 0.375. The second kappa shape index (κ2) is 10.4. The van der Waals surface area contributed by atoms with E-state index in [1.54, 1.807) is 18.4 Å². The van der Waals surface area contributed by atoms with Crippen molar-refractivity contribution >= 4 is 17.4 Å². The summed E-state index contributed by atoms with van der Waals surface area (Å²) in [6.07, 6.45) is 3.65. The standard InChI is InChI=1S/C24H28N4O2S/c1-30-21-11-9-18(10-12-21)13-14-25-24(29)28-15-5-8-20(17-28)23-27-26-22(31-23)16-19-6-3-2-4-7-19/h2-4,6-7,9-12,20H,5,8,13-17H2,1H3,(H,25,29). The lowest BCUT2D eigenvalue weighted by atomic mass is 9.99. The number of amides is 2. The predicted octanol–water partition coefficient (Wildman–Crippen LogP) is 4.27. The predicted molar refractivity (Wildman–Crippen MR) is 123 cm³/mol. The van der Waals surface area contributed by atoms with Gasteiger partial charge in [0, 0.05) is 32.0 Å². The molecule has 0 saturated carbocycles. The van der Waals surface area contributed by atoms with Crippen molar-refractivity contribution in [2.75, 3.05) is 26.7 Å². The molecule has 0 radical (unpaired) electrons. The van der Waals surface area contributed by atoms with E-state index >= 15 is 0 Å². The summed E-state index contributed by atoms with van der Waals surface area (Å²) in [7, 11) is 1.66. The van der Waals surface area contributed by atoms with Gasteiger partial charge in [-0.2, -0.15) is 0 Å². The number of aromatic nitrogens is 2. The van der Waals surface area contributed by atoms with Crippen LogP contribution in [0.25, 0.3) is 0 Å². The van der Waals surface area contributed by atoms with E-state index in [1.807, 2.05) is 47.4 Å². The Hall–Kier alpha value is -2.93. The second-order valence-electron chi connectivity index (χ2n) is 7.81. The van der Waals surface area contributed by atoms with Gasteiger partial charge in [-0.05, 0) is 42.5 Å². The van der Waals surface area contributed by atoms with Crippen LogP contribution >= 0.6 is 11.3 Å². The number of ether oxygens (including phenoxy) is 1. The second-order valence-corrected chi connectivity index (χ2v) is 8.91. The number of urea groups is 1. The lowest BCUT2D eigenvalue weighted by molar-refractivity contribution is 0.179. The van der Waals surface area contributed by atoms with E-state index in [0.717, 1.165) is 48.0 Å². The third kappa shape index (κ3) is 5.82. The number of hydrogen-bond donors (Lipinski definition) is 1. The van der Waals surface area contributed by atoms with E-state index in [-0.39, 0.29) is 11.9 Å². The van der Waals surface area contributed by atoms with Gasteiger partial charge in [-0.25, -0.2) is 4.79 Å². The number of nitrogens with one attached hydrogen (secondary N) is 1. The summed E-state index contributed by atoms with van der Waals surface area (Å²) in [6.45, 7) is 2.11. The Labute approximate surface area is 187 Å². The third-order valence-electron chi connectivity index (χ3n) is 5.59. The average molecular weight is 437 g/mol. The van der Waals surface area contributed by atoms with Gasteiger partial charge in [-0.15, -0.1) is 21.5 Å². The first-order valence-corrected chi connectivity index (χ1v) is 11.5. The summed E-state index contributed by atoms with van der Waals surface area (Å²) in [5.74, 6) is 1.11. The minimum atomic E-state index is 0.00670. The van der Waals surface area contributed by atoms with Crippen molar-refractivity contribution in [3.63, 3.8) is 0 Å². The van der Waals surface area contributed by atoms with Crippen LogP contribution in [0.15, 0.2) is 54.6 Å². The summed E-state index contributed by atoms with van der Waals surface area (Å²) in [5, 5.41) is 14.0. The van der Waals surface area contributed by atoms with Gasteiger partial charge in [-0.3, -0.25) is 0 Å². The van der Waals surface area contributed by atoms with Gasteiger partial charge in [0.05, 0.1) is 7.11 Å². The van der Waals surface area contributed by atoms with E-state index in [0.29, 0.717) is 13.1 Å². The van der Waals surface area contributed by atoms with E-state index in [1.165, 1.54) is 11.1 Å². The number of methoxy groups -OCH3 is 1. The van der Waals surface area contributed by atoms with Crippen LogP contribution in [0.5, 0.6) is 5.75 Å². The SMILES string of the molecule is COc1ccc(CCNC(=O)N2CCCC(c3nnc(Cc4ccccc4)s3)C2)cc1. The quantitative estimate of drug-likeness (QED) is 0.601. The number of nitrogens with zero attached hydrogens (tertiary/aromatic N) is 3. The van der Waals surface area contributed by atoms with Gasteiger partial charge in [0.25, 0.3) is 0 Å². The summed E-state index contributed by atoms with van der Waals surface area (Å²) in [4.78, 5) is 14.6. The van der Waals surface area contributed by atoms with Crippen molar-refractivity contribution in [2.45, 2.75) is 31.6 Å². The molecule has 4 rings (SSSR count). The zero-order valence-electron chi connectivity index (χ0n) is 17.8. The summed E-state index contributed by atoms with van der Waals surface area (Å²) >= 11 is 1.68. The molecule has 1 N–H and O–H groups in total. The molecule has 1 saturated heterocycles. The van der Waals surface area contributed by atoms with Gasteiger partial charge in [0.2, 0.25) is 0 Å². The highest BCUT2D eigenvalue weighted by molar-refractivity contribution is 7.11. The van der Waals surface area contributed by atoms with E-state index < -0.39 is 0 Å². The van der Waals surface area contributed by atoms with Gasteiger partial charge in [0.1, 0.15) is 15.8 Å². The van der Waals surface area contributed by atoms with Crippen LogP contribution in [-0.2, 0) is 12.8 Å². The number of benzene rings is 2. The normalized spacial score (nSPS) is 16.2. The Balaban J connectivity index is 1.27. The van der Waals surface area contributed by atoms with E-state index in [9.17, 15) is 4.79 Å². The van der Waals surface area contributed by atoms with Crippen LogP contribution in [0.2, 0.25) is 0 Å². The molecule has 2 aromatic carbocycles. The number of carbonyl (C=O) groups is 1. The largest absolute Gasteiger partial charge is 0.497 e. The Kier molecular flexibility index (Phi) is 7.14. The maximum absolute atomic E-state index is 12.7. The van der Waals surface area contributed by atoms with Crippen LogP contribution in [-0.4, -0.2) is 47.9 Å². The van der Waals surface area contributed by atoms with Crippen molar-refractivity contribution < 1.29 is 9.53 Å². The van der Waals surface area contributed by atoms with Gasteiger partial charge in [-0.1, -0.05) is 42.5 Å². The number of hydrogen-bond acceptors (Lipinski definition) is 5. The lowest BCUT2D eigenvalue weighted by Crippen LogP contribution is -2.45. The smallest absolute Gasteiger partial charge is 0.317 e.